The van der Waals surface area contributed by atoms with E-state index in [1.165, 1.54) is 11.1 Å². The Morgan fingerprint density at radius 2 is 1.92 bits per heavy atom. The second kappa shape index (κ2) is 4.34. The van der Waals surface area contributed by atoms with Gasteiger partial charge in [0, 0.05) is 10.2 Å². The van der Waals surface area contributed by atoms with Gasteiger partial charge in [-0.15, -0.1) is 6.42 Å². The maximum absolute atomic E-state index is 5.18. The second-order valence-electron chi connectivity index (χ2n) is 2.97. The second-order valence-corrected chi connectivity index (χ2v) is 3.89. The Hall–Kier alpha value is -0.940. The molecular weight excluding hydrogens is 226 g/mol. The molecule has 1 nitrogen and oxygen atoms in total. The highest BCUT2D eigenvalue weighted by atomic mass is 79.9. The van der Waals surface area contributed by atoms with Crippen LogP contribution in [-0.4, -0.2) is 6.54 Å². The predicted octanol–water partition coefficient (Wildman–Crippen LogP) is 3.11. The molecule has 0 fully saturated rings. The standard InChI is InChI=1S/C11H12BrN/c1-4-5-13-11-8(2)6-10(12)7-9(11)3/h1,6-7,13H,5H2,2-3H3. The van der Waals surface area contributed by atoms with Gasteiger partial charge in [-0.2, -0.15) is 0 Å². The molecule has 0 heterocycles. The van der Waals surface area contributed by atoms with E-state index in [1.807, 2.05) is 0 Å². The van der Waals surface area contributed by atoms with Crippen molar-refractivity contribution >= 4 is 21.6 Å². The van der Waals surface area contributed by atoms with E-state index in [2.05, 4.69) is 53.1 Å². The SMILES string of the molecule is C#CCNc1c(C)cc(Br)cc1C. The largest absolute Gasteiger partial charge is 0.374 e. The summed E-state index contributed by atoms with van der Waals surface area (Å²) in [6.07, 6.45) is 5.18. The number of nitrogens with one attached hydrogen (secondary N) is 1. The lowest BCUT2D eigenvalue weighted by atomic mass is 10.1. The Balaban J connectivity index is 3.00. The van der Waals surface area contributed by atoms with Gasteiger partial charge in [0.25, 0.3) is 0 Å². The molecule has 0 saturated carbocycles. The third-order valence-corrected chi connectivity index (χ3v) is 2.32. The highest BCUT2D eigenvalue weighted by Gasteiger charge is 2.02. The van der Waals surface area contributed by atoms with Crippen LogP contribution >= 0.6 is 15.9 Å². The molecular formula is C11H12BrN. The van der Waals surface area contributed by atoms with E-state index in [4.69, 9.17) is 6.42 Å². The summed E-state index contributed by atoms with van der Waals surface area (Å²) < 4.78 is 1.11. The molecule has 2 heteroatoms. The molecule has 0 aliphatic rings. The van der Waals surface area contributed by atoms with Crippen LogP contribution < -0.4 is 5.32 Å². The first kappa shape index (κ1) is 10.1. The van der Waals surface area contributed by atoms with Gasteiger partial charge in [0.05, 0.1) is 6.54 Å². The molecule has 68 valence electrons. The number of anilines is 1. The molecule has 0 saturated heterocycles. The lowest BCUT2D eigenvalue weighted by molar-refractivity contribution is 1.28. The molecule has 0 aromatic heterocycles. The molecule has 0 spiro atoms. The molecule has 0 aliphatic heterocycles. The lowest BCUT2D eigenvalue weighted by Gasteiger charge is -2.10. The minimum atomic E-state index is 0.573. The van der Waals surface area contributed by atoms with Crippen LogP contribution in [0.2, 0.25) is 0 Å². The van der Waals surface area contributed by atoms with Gasteiger partial charge in [0.1, 0.15) is 0 Å². The summed E-state index contributed by atoms with van der Waals surface area (Å²) in [5.74, 6) is 2.56. The van der Waals surface area contributed by atoms with Crippen molar-refractivity contribution in [2.45, 2.75) is 13.8 Å². The topological polar surface area (TPSA) is 12.0 Å². The average Bonchev–Trinajstić information content (AvgIpc) is 2.02. The van der Waals surface area contributed by atoms with Crippen LogP contribution in [0.25, 0.3) is 0 Å². The van der Waals surface area contributed by atoms with E-state index in [-0.39, 0.29) is 0 Å². The van der Waals surface area contributed by atoms with Gasteiger partial charge in [-0.05, 0) is 37.1 Å². The zero-order valence-electron chi connectivity index (χ0n) is 7.82. The summed E-state index contributed by atoms with van der Waals surface area (Å²) in [5, 5.41) is 3.20. The maximum Gasteiger partial charge on any atom is 0.0763 e. The summed E-state index contributed by atoms with van der Waals surface area (Å²) in [6, 6.07) is 4.15. The van der Waals surface area contributed by atoms with E-state index < -0.39 is 0 Å². The molecule has 1 N–H and O–H groups in total. The van der Waals surface area contributed by atoms with Crippen molar-refractivity contribution in [3.05, 3.63) is 27.7 Å². The van der Waals surface area contributed by atoms with E-state index in [9.17, 15) is 0 Å². The smallest absolute Gasteiger partial charge is 0.0763 e. The monoisotopic (exact) mass is 237 g/mol. The Bertz CT molecular complexity index is 327. The Labute approximate surface area is 87.7 Å². The zero-order chi connectivity index (χ0) is 9.84. The van der Waals surface area contributed by atoms with Crippen molar-refractivity contribution in [1.82, 2.24) is 0 Å². The Morgan fingerprint density at radius 1 is 1.38 bits per heavy atom. The normalized spacial score (nSPS) is 9.38. The van der Waals surface area contributed by atoms with Gasteiger partial charge in [0.2, 0.25) is 0 Å². The van der Waals surface area contributed by atoms with Gasteiger partial charge in [0.15, 0.2) is 0 Å². The quantitative estimate of drug-likeness (QED) is 0.780. The predicted molar refractivity (Wildman–Crippen MR) is 60.9 cm³/mol. The minimum Gasteiger partial charge on any atom is -0.374 e. The van der Waals surface area contributed by atoms with Crippen LogP contribution in [0.3, 0.4) is 0 Å². The van der Waals surface area contributed by atoms with E-state index in [1.54, 1.807) is 0 Å². The van der Waals surface area contributed by atoms with Crippen LogP contribution in [0, 0.1) is 26.2 Å². The Morgan fingerprint density at radius 3 is 2.38 bits per heavy atom. The van der Waals surface area contributed by atoms with Crippen molar-refractivity contribution in [3.63, 3.8) is 0 Å². The third kappa shape index (κ3) is 2.50. The number of benzene rings is 1. The van der Waals surface area contributed by atoms with Gasteiger partial charge in [-0.3, -0.25) is 0 Å². The van der Waals surface area contributed by atoms with Crippen molar-refractivity contribution < 1.29 is 0 Å². The summed E-state index contributed by atoms with van der Waals surface area (Å²) in [4.78, 5) is 0. The van der Waals surface area contributed by atoms with E-state index in [0.29, 0.717) is 6.54 Å². The molecule has 0 bridgehead atoms. The Kier molecular flexibility index (Phi) is 3.39. The minimum absolute atomic E-state index is 0.573. The summed E-state index contributed by atoms with van der Waals surface area (Å²) in [5.41, 5.74) is 3.56. The van der Waals surface area contributed by atoms with Crippen LogP contribution in [0.15, 0.2) is 16.6 Å². The molecule has 13 heavy (non-hydrogen) atoms. The third-order valence-electron chi connectivity index (χ3n) is 1.86. The number of rotatable bonds is 2. The first-order valence-electron chi connectivity index (χ1n) is 4.09. The lowest BCUT2D eigenvalue weighted by Crippen LogP contribution is -2.02. The fourth-order valence-electron chi connectivity index (χ4n) is 1.33. The number of hydrogen-bond donors (Lipinski definition) is 1. The first-order valence-corrected chi connectivity index (χ1v) is 4.88. The molecule has 1 aromatic rings. The number of hydrogen-bond acceptors (Lipinski definition) is 1. The van der Waals surface area contributed by atoms with Gasteiger partial charge in [-0.25, -0.2) is 0 Å². The fourth-order valence-corrected chi connectivity index (χ4v) is 2.02. The first-order chi connectivity index (χ1) is 6.15. The van der Waals surface area contributed by atoms with Crippen molar-refractivity contribution in [1.29, 1.82) is 0 Å². The maximum atomic E-state index is 5.18. The highest BCUT2D eigenvalue weighted by Crippen LogP contribution is 2.24. The molecule has 0 radical (unpaired) electrons. The molecule has 1 aromatic carbocycles. The van der Waals surface area contributed by atoms with Gasteiger partial charge >= 0.3 is 0 Å². The molecule has 1 rings (SSSR count). The van der Waals surface area contributed by atoms with Crippen LogP contribution in [0.4, 0.5) is 5.69 Å². The molecule has 0 unspecified atom stereocenters. The number of aryl methyl sites for hydroxylation is 2. The van der Waals surface area contributed by atoms with E-state index in [0.717, 1.165) is 10.2 Å². The summed E-state index contributed by atoms with van der Waals surface area (Å²) >= 11 is 3.45. The average molecular weight is 238 g/mol. The molecule has 0 aliphatic carbocycles. The molecule has 0 atom stereocenters. The highest BCUT2D eigenvalue weighted by molar-refractivity contribution is 9.10. The summed E-state index contributed by atoms with van der Waals surface area (Å²) in [6.45, 7) is 4.70. The van der Waals surface area contributed by atoms with Crippen molar-refractivity contribution in [3.8, 4) is 12.3 Å². The van der Waals surface area contributed by atoms with Crippen molar-refractivity contribution in [2.75, 3.05) is 11.9 Å². The van der Waals surface area contributed by atoms with Crippen molar-refractivity contribution in [2.24, 2.45) is 0 Å². The van der Waals surface area contributed by atoms with Crippen LogP contribution in [0.5, 0.6) is 0 Å². The van der Waals surface area contributed by atoms with Crippen LogP contribution in [0.1, 0.15) is 11.1 Å². The summed E-state index contributed by atoms with van der Waals surface area (Å²) in [7, 11) is 0. The molecule has 0 amide bonds. The van der Waals surface area contributed by atoms with Crippen LogP contribution in [-0.2, 0) is 0 Å². The number of terminal acetylenes is 1. The number of halogens is 1. The van der Waals surface area contributed by atoms with Gasteiger partial charge < -0.3 is 5.32 Å². The van der Waals surface area contributed by atoms with E-state index >= 15 is 0 Å². The van der Waals surface area contributed by atoms with Gasteiger partial charge in [-0.1, -0.05) is 21.9 Å². The fraction of sp³-hybridized carbons (Fsp3) is 0.273. The zero-order valence-corrected chi connectivity index (χ0v) is 9.40.